The number of furan rings is 1. The van der Waals surface area contributed by atoms with E-state index >= 15 is 0 Å². The van der Waals surface area contributed by atoms with Crippen LogP contribution in [0.4, 0.5) is 11.4 Å². The molecular formula is C26H24N2O5S. The first kappa shape index (κ1) is 22.3. The van der Waals surface area contributed by atoms with Gasteiger partial charge in [-0.15, -0.1) is 11.8 Å². The Balaban J connectivity index is 1.42. The Bertz CT molecular complexity index is 1370. The van der Waals surface area contributed by atoms with Gasteiger partial charge in [-0.3, -0.25) is 14.9 Å². The van der Waals surface area contributed by atoms with Gasteiger partial charge in [-0.1, -0.05) is 42.5 Å². The van der Waals surface area contributed by atoms with E-state index in [9.17, 15) is 14.9 Å². The molecule has 0 bridgehead atoms. The first-order chi connectivity index (χ1) is 16.5. The summed E-state index contributed by atoms with van der Waals surface area (Å²) in [6.07, 6.45) is 1.79. The number of benzene rings is 3. The number of carboxylic acid groups (broad SMARTS) is 1. The minimum absolute atomic E-state index is 0.0873. The van der Waals surface area contributed by atoms with Gasteiger partial charge in [-0.05, 0) is 42.2 Å². The number of nitro benzene ring substituents is 1. The van der Waals surface area contributed by atoms with Crippen LogP contribution in [0.5, 0.6) is 0 Å². The number of carboxylic acids is 1. The van der Waals surface area contributed by atoms with E-state index in [1.54, 1.807) is 6.07 Å². The molecule has 1 aromatic heterocycles. The zero-order chi connectivity index (χ0) is 23.7. The molecule has 1 aliphatic rings. The Morgan fingerprint density at radius 3 is 2.62 bits per heavy atom. The summed E-state index contributed by atoms with van der Waals surface area (Å²) in [6, 6.07) is 19.1. The molecule has 1 fully saturated rings. The third kappa shape index (κ3) is 4.33. The summed E-state index contributed by atoms with van der Waals surface area (Å²) < 4.78 is 6.12. The molecule has 5 rings (SSSR count). The molecule has 1 aliphatic heterocycles. The third-order valence-electron chi connectivity index (χ3n) is 6.42. The highest BCUT2D eigenvalue weighted by atomic mass is 32.2. The fourth-order valence-corrected chi connectivity index (χ4v) is 5.69. The van der Waals surface area contributed by atoms with Crippen LogP contribution in [0.15, 0.2) is 65.1 Å². The number of hydrogen-bond donors (Lipinski definition) is 1. The summed E-state index contributed by atoms with van der Waals surface area (Å²) >= 11 is 1.44. The lowest BCUT2D eigenvalue weighted by molar-refractivity contribution is -0.384. The van der Waals surface area contributed by atoms with Gasteiger partial charge in [0.1, 0.15) is 16.9 Å². The first-order valence-electron chi connectivity index (χ1n) is 11.2. The fourth-order valence-electron chi connectivity index (χ4n) is 4.73. The maximum absolute atomic E-state index is 12.0. The summed E-state index contributed by atoms with van der Waals surface area (Å²) in [5.41, 5.74) is 3.81. The van der Waals surface area contributed by atoms with Crippen molar-refractivity contribution < 1.29 is 19.2 Å². The van der Waals surface area contributed by atoms with Gasteiger partial charge in [0.2, 0.25) is 0 Å². The first-order valence-corrected chi connectivity index (χ1v) is 12.4. The molecule has 0 aliphatic carbocycles. The molecule has 0 spiro atoms. The molecule has 0 amide bonds. The van der Waals surface area contributed by atoms with Crippen molar-refractivity contribution in [1.29, 1.82) is 0 Å². The van der Waals surface area contributed by atoms with E-state index < -0.39 is 5.97 Å². The molecule has 4 aromatic rings. The second-order valence-corrected chi connectivity index (χ2v) is 9.61. The Morgan fingerprint density at radius 2 is 1.85 bits per heavy atom. The number of rotatable bonds is 7. The van der Waals surface area contributed by atoms with Gasteiger partial charge < -0.3 is 14.4 Å². The number of hydrogen-bond acceptors (Lipinski definition) is 6. The Morgan fingerprint density at radius 1 is 1.09 bits per heavy atom. The Labute approximate surface area is 200 Å². The monoisotopic (exact) mass is 476 g/mol. The van der Waals surface area contributed by atoms with Crippen molar-refractivity contribution in [2.75, 3.05) is 29.5 Å². The lowest BCUT2D eigenvalue weighted by Crippen LogP contribution is -2.34. The van der Waals surface area contributed by atoms with E-state index in [2.05, 4.69) is 4.90 Å². The van der Waals surface area contributed by atoms with E-state index in [-0.39, 0.29) is 16.4 Å². The quantitative estimate of drug-likeness (QED) is 0.251. The molecule has 0 atom stereocenters. The molecule has 0 unspecified atom stereocenters. The molecular weight excluding hydrogens is 452 g/mol. The van der Waals surface area contributed by atoms with E-state index in [4.69, 9.17) is 9.52 Å². The number of thioether (sulfide) groups is 1. The zero-order valence-corrected chi connectivity index (χ0v) is 19.3. The molecule has 1 saturated heterocycles. The highest BCUT2D eigenvalue weighted by Crippen LogP contribution is 2.39. The average Bonchev–Trinajstić information content (AvgIpc) is 3.23. The van der Waals surface area contributed by atoms with E-state index in [0.717, 1.165) is 64.7 Å². The van der Waals surface area contributed by atoms with Crippen molar-refractivity contribution in [3.05, 3.63) is 70.8 Å². The van der Waals surface area contributed by atoms with Crippen LogP contribution in [-0.4, -0.2) is 40.6 Å². The number of nitro groups is 1. The molecule has 8 heteroatoms. The van der Waals surface area contributed by atoms with Crippen LogP contribution in [0.2, 0.25) is 0 Å². The molecule has 0 radical (unpaired) electrons. The maximum Gasteiger partial charge on any atom is 0.313 e. The third-order valence-corrected chi connectivity index (χ3v) is 7.58. The van der Waals surface area contributed by atoms with Gasteiger partial charge in [0, 0.05) is 35.5 Å². The normalized spacial score (nSPS) is 14.6. The van der Waals surface area contributed by atoms with Gasteiger partial charge in [-0.2, -0.15) is 0 Å². The number of piperidine rings is 1. The molecule has 3 aromatic carbocycles. The average molecular weight is 477 g/mol. The molecule has 1 N–H and O–H groups in total. The maximum atomic E-state index is 12.0. The number of nitrogens with zero attached hydrogens (tertiary/aromatic N) is 2. The van der Waals surface area contributed by atoms with Gasteiger partial charge in [0.25, 0.3) is 5.69 Å². The van der Waals surface area contributed by atoms with Crippen molar-refractivity contribution in [2.45, 2.75) is 12.8 Å². The summed E-state index contributed by atoms with van der Waals surface area (Å²) in [7, 11) is 0. The number of para-hydroxylation sites is 2. The van der Waals surface area contributed by atoms with Crippen LogP contribution in [0.25, 0.3) is 33.1 Å². The number of carbonyl (C=O) groups is 1. The minimum atomic E-state index is -0.795. The van der Waals surface area contributed by atoms with E-state index in [1.807, 2.05) is 54.6 Å². The molecule has 7 nitrogen and oxygen atoms in total. The second-order valence-electron chi connectivity index (χ2n) is 8.58. The number of aliphatic carboxylic acids is 1. The smallest absolute Gasteiger partial charge is 0.313 e. The van der Waals surface area contributed by atoms with Crippen LogP contribution >= 0.6 is 11.8 Å². The molecule has 174 valence electrons. The minimum Gasteiger partial charge on any atom is -0.481 e. The van der Waals surface area contributed by atoms with Crippen LogP contribution in [-0.2, 0) is 4.79 Å². The van der Waals surface area contributed by atoms with Crippen LogP contribution in [0, 0.1) is 16.0 Å². The number of anilines is 1. The molecule has 2 heterocycles. The Kier molecular flexibility index (Phi) is 6.15. The highest BCUT2D eigenvalue weighted by Gasteiger charge is 2.26. The van der Waals surface area contributed by atoms with Crippen LogP contribution in [0.3, 0.4) is 0 Å². The van der Waals surface area contributed by atoms with Crippen molar-refractivity contribution in [3.63, 3.8) is 0 Å². The second kappa shape index (κ2) is 9.38. The molecule has 34 heavy (non-hydrogen) atoms. The van der Waals surface area contributed by atoms with Crippen LogP contribution in [0.1, 0.15) is 12.8 Å². The van der Waals surface area contributed by atoms with Crippen LogP contribution < -0.4 is 4.90 Å². The summed E-state index contributed by atoms with van der Waals surface area (Å²) in [6.45, 7) is 1.44. The van der Waals surface area contributed by atoms with Crippen molar-refractivity contribution in [1.82, 2.24) is 0 Å². The SMILES string of the molecule is O=C(O)CSCC1CCN(c2ccc(-c3cccc4c3oc3ccccc34)cc2[N+](=O)[O-])CC1. The number of fused-ring (bicyclic) bond motifs is 3. The lowest BCUT2D eigenvalue weighted by atomic mass is 9.97. The summed E-state index contributed by atoms with van der Waals surface area (Å²) in [5.74, 6) is 0.564. The largest absolute Gasteiger partial charge is 0.481 e. The van der Waals surface area contributed by atoms with Crippen molar-refractivity contribution >= 4 is 51.0 Å². The molecule has 0 saturated carbocycles. The fraction of sp³-hybridized carbons (Fsp3) is 0.269. The standard InChI is InChI=1S/C26H24N2O5S/c29-25(30)16-34-15-17-10-12-27(13-11-17)22-9-8-18(14-23(22)28(31)32)19-5-3-6-21-20-4-1-2-7-24(20)33-26(19)21/h1-9,14,17H,10-13,15-16H2,(H,29,30). The van der Waals surface area contributed by atoms with E-state index in [1.165, 1.54) is 11.8 Å². The van der Waals surface area contributed by atoms with Gasteiger partial charge in [-0.25, -0.2) is 0 Å². The summed E-state index contributed by atoms with van der Waals surface area (Å²) in [5, 5.41) is 22.8. The predicted octanol–water partition coefficient (Wildman–Crippen LogP) is 6.20. The lowest BCUT2D eigenvalue weighted by Gasteiger charge is -2.33. The van der Waals surface area contributed by atoms with Gasteiger partial charge in [0.15, 0.2) is 0 Å². The zero-order valence-electron chi connectivity index (χ0n) is 18.5. The van der Waals surface area contributed by atoms with E-state index in [0.29, 0.717) is 11.6 Å². The van der Waals surface area contributed by atoms with Crippen molar-refractivity contribution in [3.8, 4) is 11.1 Å². The van der Waals surface area contributed by atoms with Gasteiger partial charge >= 0.3 is 5.97 Å². The van der Waals surface area contributed by atoms with Crippen molar-refractivity contribution in [2.24, 2.45) is 5.92 Å². The summed E-state index contributed by atoms with van der Waals surface area (Å²) in [4.78, 5) is 24.5. The van der Waals surface area contributed by atoms with Gasteiger partial charge in [0.05, 0.1) is 10.7 Å². The highest BCUT2D eigenvalue weighted by molar-refractivity contribution is 7.99. The Hall–Kier alpha value is -3.52. The topological polar surface area (TPSA) is 96.8 Å². The predicted molar refractivity (Wildman–Crippen MR) is 136 cm³/mol.